The second-order valence-corrected chi connectivity index (χ2v) is 6.77. The quantitative estimate of drug-likeness (QED) is 0.936. The molecule has 0 spiro atoms. The lowest BCUT2D eigenvalue weighted by atomic mass is 10.2. The molecule has 0 bridgehead atoms. The number of rotatable bonds is 4. The zero-order chi connectivity index (χ0) is 14.7. The molecule has 4 nitrogen and oxygen atoms in total. The topological polar surface area (TPSA) is 45.2 Å². The van der Waals surface area contributed by atoms with E-state index in [4.69, 9.17) is 11.6 Å². The Kier molecular flexibility index (Phi) is 4.41. The molecule has 2 aromatic rings. The van der Waals surface area contributed by atoms with Crippen LogP contribution in [-0.4, -0.2) is 24.0 Å². The number of halogens is 1. The molecule has 21 heavy (non-hydrogen) atoms. The van der Waals surface area contributed by atoms with Gasteiger partial charge in [0.25, 0.3) is 0 Å². The first-order valence-corrected chi connectivity index (χ1v) is 8.15. The summed E-state index contributed by atoms with van der Waals surface area (Å²) in [6, 6.07) is 8.00. The van der Waals surface area contributed by atoms with E-state index in [1.807, 2.05) is 18.2 Å². The molecule has 1 saturated heterocycles. The Bertz CT molecular complexity index is 637. The first kappa shape index (κ1) is 14.4. The molecule has 0 radical (unpaired) electrons. The van der Waals surface area contributed by atoms with E-state index in [0.717, 1.165) is 23.8 Å². The van der Waals surface area contributed by atoms with Crippen LogP contribution in [0.2, 0.25) is 4.34 Å². The van der Waals surface area contributed by atoms with Crippen LogP contribution < -0.4 is 10.2 Å². The minimum absolute atomic E-state index is 0.0698. The molecular weight excluding hydrogens is 306 g/mol. The largest absolute Gasteiger partial charge is 0.371 e. The van der Waals surface area contributed by atoms with Crippen molar-refractivity contribution in [3.8, 4) is 0 Å². The van der Waals surface area contributed by atoms with Crippen LogP contribution in [0.3, 0.4) is 0 Å². The van der Waals surface area contributed by atoms with Gasteiger partial charge in [-0.1, -0.05) is 17.7 Å². The third-order valence-electron chi connectivity index (χ3n) is 3.44. The highest BCUT2D eigenvalue weighted by atomic mass is 35.5. The van der Waals surface area contributed by atoms with E-state index >= 15 is 0 Å². The zero-order valence-corrected chi connectivity index (χ0v) is 13.1. The minimum atomic E-state index is -0.0698. The van der Waals surface area contributed by atoms with Crippen molar-refractivity contribution < 1.29 is 4.79 Å². The molecule has 1 aliphatic rings. The number of carbonyl (C=O) groups is 1. The van der Waals surface area contributed by atoms with Crippen LogP contribution in [0, 0.1) is 0 Å². The number of anilines is 2. The monoisotopic (exact) mass is 321 g/mol. The molecule has 1 fully saturated rings. The molecular formula is C15H16ClN3OS. The van der Waals surface area contributed by atoms with Gasteiger partial charge in [0.2, 0.25) is 5.91 Å². The van der Waals surface area contributed by atoms with E-state index in [0.29, 0.717) is 4.34 Å². The highest BCUT2D eigenvalue weighted by Crippen LogP contribution is 2.24. The molecule has 1 aromatic heterocycles. The summed E-state index contributed by atoms with van der Waals surface area (Å²) in [7, 11) is 0. The van der Waals surface area contributed by atoms with Crippen LogP contribution in [0.25, 0.3) is 0 Å². The Morgan fingerprint density at radius 2 is 2.19 bits per heavy atom. The number of nitrogens with one attached hydrogen (secondary N) is 1. The third-order valence-corrected chi connectivity index (χ3v) is 4.55. The summed E-state index contributed by atoms with van der Waals surface area (Å²) >= 11 is 7.15. The van der Waals surface area contributed by atoms with Crippen molar-refractivity contribution in [2.75, 3.05) is 23.3 Å². The summed E-state index contributed by atoms with van der Waals surface area (Å²) in [6.45, 7) is 2.18. The highest BCUT2D eigenvalue weighted by molar-refractivity contribution is 7.15. The summed E-state index contributed by atoms with van der Waals surface area (Å²) in [4.78, 5) is 18.5. The van der Waals surface area contributed by atoms with Gasteiger partial charge in [-0.15, -0.1) is 11.3 Å². The number of aromatic nitrogens is 1. The normalized spacial score (nSPS) is 14.4. The summed E-state index contributed by atoms with van der Waals surface area (Å²) < 4.78 is 0.605. The van der Waals surface area contributed by atoms with Gasteiger partial charge in [-0.25, -0.2) is 4.98 Å². The van der Waals surface area contributed by atoms with E-state index in [1.54, 1.807) is 6.20 Å². The predicted molar refractivity (Wildman–Crippen MR) is 87.3 cm³/mol. The maximum Gasteiger partial charge on any atom is 0.231 e. The lowest BCUT2D eigenvalue weighted by Gasteiger charge is -2.18. The van der Waals surface area contributed by atoms with Crippen molar-refractivity contribution in [2.45, 2.75) is 19.3 Å². The van der Waals surface area contributed by atoms with Crippen LogP contribution in [0.5, 0.6) is 0 Å². The molecule has 110 valence electrons. The Morgan fingerprint density at radius 3 is 2.90 bits per heavy atom. The number of carbonyl (C=O) groups excluding carboxylic acids is 1. The standard InChI is InChI=1S/C15H16ClN3OS/c16-13-10-17-15(21-13)9-14(20)18-11-4-3-5-12(8-11)19-6-1-2-7-19/h3-5,8,10H,1-2,6-7,9H2,(H,18,20). The number of thiazole rings is 1. The Hall–Kier alpha value is -1.59. The van der Waals surface area contributed by atoms with Crippen LogP contribution in [-0.2, 0) is 11.2 Å². The minimum Gasteiger partial charge on any atom is -0.371 e. The molecule has 6 heteroatoms. The molecule has 0 saturated carbocycles. The molecule has 2 heterocycles. The van der Waals surface area contributed by atoms with Gasteiger partial charge in [-0.2, -0.15) is 0 Å². The van der Waals surface area contributed by atoms with Gasteiger partial charge in [0.05, 0.1) is 12.6 Å². The molecule has 1 aromatic carbocycles. The van der Waals surface area contributed by atoms with Gasteiger partial charge in [0, 0.05) is 24.5 Å². The fourth-order valence-electron chi connectivity index (χ4n) is 2.47. The highest BCUT2D eigenvalue weighted by Gasteiger charge is 2.13. The second-order valence-electron chi connectivity index (χ2n) is 5.03. The van der Waals surface area contributed by atoms with Crippen LogP contribution in [0.15, 0.2) is 30.5 Å². The van der Waals surface area contributed by atoms with Crippen LogP contribution in [0.4, 0.5) is 11.4 Å². The lowest BCUT2D eigenvalue weighted by Crippen LogP contribution is -2.18. The Labute approximate surface area is 132 Å². The zero-order valence-electron chi connectivity index (χ0n) is 11.5. The van der Waals surface area contributed by atoms with Crippen molar-refractivity contribution >= 4 is 40.2 Å². The summed E-state index contributed by atoms with van der Waals surface area (Å²) in [5.41, 5.74) is 2.00. The van der Waals surface area contributed by atoms with Crippen LogP contribution >= 0.6 is 22.9 Å². The molecule has 0 atom stereocenters. The fraction of sp³-hybridized carbons (Fsp3) is 0.333. The molecule has 3 rings (SSSR count). The van der Waals surface area contributed by atoms with Crippen molar-refractivity contribution in [3.63, 3.8) is 0 Å². The number of hydrogen-bond donors (Lipinski definition) is 1. The average molecular weight is 322 g/mol. The number of benzene rings is 1. The van der Waals surface area contributed by atoms with Gasteiger partial charge in [0.15, 0.2) is 0 Å². The SMILES string of the molecule is O=C(Cc1ncc(Cl)s1)Nc1cccc(N2CCCC2)c1. The molecule has 0 aliphatic carbocycles. The smallest absolute Gasteiger partial charge is 0.231 e. The number of amides is 1. The average Bonchev–Trinajstić information content (AvgIpc) is 3.11. The summed E-state index contributed by atoms with van der Waals surface area (Å²) in [6.07, 6.45) is 4.30. The van der Waals surface area contributed by atoms with E-state index in [9.17, 15) is 4.79 Å². The van der Waals surface area contributed by atoms with Gasteiger partial charge in [-0.3, -0.25) is 4.79 Å². The van der Waals surface area contributed by atoms with E-state index in [2.05, 4.69) is 21.3 Å². The summed E-state index contributed by atoms with van der Waals surface area (Å²) in [5, 5.41) is 3.65. The molecule has 1 amide bonds. The van der Waals surface area contributed by atoms with Crippen molar-refractivity contribution in [2.24, 2.45) is 0 Å². The second kappa shape index (κ2) is 6.45. The first-order valence-electron chi connectivity index (χ1n) is 6.96. The molecule has 1 aliphatic heterocycles. The fourth-order valence-corrected chi connectivity index (χ4v) is 3.42. The van der Waals surface area contributed by atoms with Gasteiger partial charge >= 0.3 is 0 Å². The Balaban J connectivity index is 1.64. The summed E-state index contributed by atoms with van der Waals surface area (Å²) in [5.74, 6) is -0.0698. The van der Waals surface area contributed by atoms with E-state index in [1.165, 1.54) is 29.9 Å². The van der Waals surface area contributed by atoms with Gasteiger partial charge in [0.1, 0.15) is 9.34 Å². The van der Waals surface area contributed by atoms with E-state index in [-0.39, 0.29) is 12.3 Å². The van der Waals surface area contributed by atoms with Crippen molar-refractivity contribution in [1.29, 1.82) is 0 Å². The van der Waals surface area contributed by atoms with Gasteiger partial charge in [-0.05, 0) is 31.0 Å². The number of hydrogen-bond acceptors (Lipinski definition) is 4. The molecule has 0 unspecified atom stereocenters. The third kappa shape index (κ3) is 3.74. The van der Waals surface area contributed by atoms with Gasteiger partial charge < -0.3 is 10.2 Å². The van der Waals surface area contributed by atoms with Crippen LogP contribution in [0.1, 0.15) is 17.8 Å². The first-order chi connectivity index (χ1) is 10.2. The van der Waals surface area contributed by atoms with Crippen molar-refractivity contribution in [3.05, 3.63) is 39.8 Å². The van der Waals surface area contributed by atoms with E-state index < -0.39 is 0 Å². The number of nitrogens with zero attached hydrogens (tertiary/aromatic N) is 2. The lowest BCUT2D eigenvalue weighted by molar-refractivity contribution is -0.115. The predicted octanol–water partition coefficient (Wildman–Crippen LogP) is 3.58. The maximum absolute atomic E-state index is 12.0. The van der Waals surface area contributed by atoms with Crippen molar-refractivity contribution in [1.82, 2.24) is 4.98 Å². The Morgan fingerprint density at radius 1 is 1.38 bits per heavy atom. The maximum atomic E-state index is 12.0. The molecule has 1 N–H and O–H groups in total.